The Labute approximate surface area is 520 Å². The number of ether oxygens (including phenoxy) is 2. The predicted octanol–water partition coefficient (Wildman–Crippen LogP) is 9.01. The third-order valence-electron chi connectivity index (χ3n) is 17.7. The average molecular weight is 1230 g/mol. The first kappa shape index (κ1) is 64.1. The molecule has 0 saturated carbocycles. The summed E-state index contributed by atoms with van der Waals surface area (Å²) in [6.45, 7) is 28.6. The number of anilines is 2. The maximum absolute atomic E-state index is 12.4. The van der Waals surface area contributed by atoms with Crippen molar-refractivity contribution in [1.82, 2.24) is 60.2 Å². The van der Waals surface area contributed by atoms with Gasteiger partial charge < -0.3 is 39.3 Å². The van der Waals surface area contributed by atoms with Crippen molar-refractivity contribution in [2.24, 2.45) is 11.8 Å². The Bertz CT molecular complexity index is 3390. The van der Waals surface area contributed by atoms with E-state index in [1.807, 2.05) is 70.7 Å². The maximum Gasteiger partial charge on any atom is 0.410 e. The minimum atomic E-state index is -0.460. The molecule has 478 valence electrons. The maximum atomic E-state index is 12.4. The highest BCUT2D eigenvalue weighted by molar-refractivity contribution is 5.95. The normalized spacial score (nSPS) is 19.1. The van der Waals surface area contributed by atoms with Crippen molar-refractivity contribution in [3.8, 4) is 22.5 Å². The number of carbonyl (C=O) groups is 3. The number of nitro groups is 2. The molecule has 6 fully saturated rings. The number of H-pyrrole nitrogens is 2. The second-order valence-corrected chi connectivity index (χ2v) is 26.4. The van der Waals surface area contributed by atoms with Crippen molar-refractivity contribution < 1.29 is 33.7 Å². The number of hydrogen-bond acceptors (Lipinski definition) is 19. The number of aromatic nitrogens is 6. The number of ketones is 1. The molecule has 12 rings (SSSR count). The number of aromatic amines is 2. The van der Waals surface area contributed by atoms with E-state index >= 15 is 0 Å². The van der Waals surface area contributed by atoms with Crippen LogP contribution in [-0.4, -0.2) is 218 Å². The first-order valence-electron chi connectivity index (χ1n) is 31.7. The van der Waals surface area contributed by atoms with Crippen molar-refractivity contribution in [1.29, 1.82) is 0 Å². The fraction of sp³-hybridized carbons (Fsp3) is 0.578. The lowest BCUT2D eigenvalue weighted by Crippen LogP contribution is -2.51. The van der Waals surface area contributed by atoms with E-state index in [0.717, 1.165) is 167 Å². The van der Waals surface area contributed by atoms with E-state index in [9.17, 15) is 34.6 Å². The molecular weight excluding hydrogens is 1140 g/mol. The molecule has 89 heavy (non-hydrogen) atoms. The van der Waals surface area contributed by atoms with Gasteiger partial charge in [-0.25, -0.2) is 19.6 Å². The van der Waals surface area contributed by atoms with Gasteiger partial charge in [0.25, 0.3) is 11.4 Å². The Morgan fingerprint density at radius 2 is 0.978 bits per heavy atom. The smallest absolute Gasteiger partial charge is 0.410 e. The van der Waals surface area contributed by atoms with Crippen molar-refractivity contribution >= 4 is 62.8 Å². The summed E-state index contributed by atoms with van der Waals surface area (Å²) < 4.78 is 10.7. The highest BCUT2D eigenvalue weighted by Crippen LogP contribution is 2.34. The number of benzene rings is 2. The van der Waals surface area contributed by atoms with Crippen LogP contribution in [0.3, 0.4) is 0 Å². The van der Waals surface area contributed by atoms with E-state index in [-0.39, 0.29) is 39.2 Å². The van der Waals surface area contributed by atoms with Crippen LogP contribution in [0.2, 0.25) is 0 Å². The molecule has 4 aromatic heterocycles. The van der Waals surface area contributed by atoms with Gasteiger partial charge in [0, 0.05) is 169 Å². The van der Waals surface area contributed by atoms with Crippen LogP contribution >= 0.6 is 0 Å². The molecule has 0 radical (unpaired) electrons. The number of rotatable bonds is 11. The Morgan fingerprint density at radius 1 is 0.551 bits per heavy atom. The Kier molecular flexibility index (Phi) is 20.7. The van der Waals surface area contributed by atoms with Crippen molar-refractivity contribution in [3.63, 3.8) is 0 Å². The van der Waals surface area contributed by atoms with Crippen LogP contribution in [0, 0.1) is 32.1 Å². The van der Waals surface area contributed by atoms with E-state index < -0.39 is 11.2 Å². The third-order valence-corrected chi connectivity index (χ3v) is 17.7. The molecule has 6 aliphatic heterocycles. The average Bonchev–Trinajstić information content (AvgIpc) is 1.87. The molecule has 0 bridgehead atoms. The number of piperazine rings is 2. The molecule has 0 unspecified atom stereocenters. The number of nitro benzene ring substituents is 2. The zero-order valence-corrected chi connectivity index (χ0v) is 52.5. The lowest BCUT2D eigenvalue weighted by Gasteiger charge is -2.43. The molecule has 2 amide bonds. The van der Waals surface area contributed by atoms with Gasteiger partial charge >= 0.3 is 12.2 Å². The molecule has 3 N–H and O–H groups in total. The van der Waals surface area contributed by atoms with Gasteiger partial charge in [-0.1, -0.05) is 0 Å². The highest BCUT2D eigenvalue weighted by atomic mass is 16.6. The number of Topliss-reactive ketones (excluding diaryl/α,β-unsaturated/α-hetero) is 1. The van der Waals surface area contributed by atoms with Gasteiger partial charge in [-0.15, -0.1) is 0 Å². The van der Waals surface area contributed by atoms with E-state index in [4.69, 9.17) is 9.47 Å². The minimum absolute atomic E-state index is 0.0526. The zero-order valence-electron chi connectivity index (χ0n) is 52.5. The summed E-state index contributed by atoms with van der Waals surface area (Å²) >= 11 is 0. The number of nitrogens with zero attached hydrogens (tertiary/aromatic N) is 13. The first-order chi connectivity index (χ1) is 42.7. The summed E-state index contributed by atoms with van der Waals surface area (Å²) in [5.74, 6) is 3.60. The van der Waals surface area contributed by atoms with Gasteiger partial charge in [0.05, 0.1) is 20.9 Å². The van der Waals surface area contributed by atoms with Crippen LogP contribution in [0.1, 0.15) is 92.9 Å². The Balaban J connectivity index is 0.000000167. The number of nitrogens with one attached hydrogen (secondary N) is 3. The largest absolute Gasteiger partial charge is 0.444 e. The first-order valence-corrected chi connectivity index (χ1v) is 31.7. The minimum Gasteiger partial charge on any atom is -0.444 e. The van der Waals surface area contributed by atoms with Gasteiger partial charge in [0.15, 0.2) is 0 Å². The van der Waals surface area contributed by atoms with Gasteiger partial charge in [-0.2, -0.15) is 10.2 Å². The van der Waals surface area contributed by atoms with Crippen LogP contribution in [-0.2, 0) is 14.3 Å². The van der Waals surface area contributed by atoms with Gasteiger partial charge in [-0.3, -0.25) is 45.0 Å². The van der Waals surface area contributed by atoms with Gasteiger partial charge in [0.1, 0.15) is 40.0 Å². The summed E-state index contributed by atoms with van der Waals surface area (Å²) in [7, 11) is 0. The SMILES string of the molecule is CC(C)(C)OC(=O)N1CCC(=O)CC1.CC(C)(C)OC(=O)N1CCC(N2CCC(CN3CCN(c4cc(-c5n[nH]c6ccc([N+](=O)[O-])cc56)ccn4)CC3)CC2)CC1.O=[N+]([O-])c1ccc2[nH]nc(-c3ccnc(N4CCN(CC5CCNCC5)CC4)c3)c2c1. The molecule has 0 spiro atoms. The molecule has 10 heterocycles. The number of non-ortho nitro benzene ring substituents is 2. The van der Waals surface area contributed by atoms with E-state index in [1.165, 1.54) is 44.4 Å². The van der Waals surface area contributed by atoms with E-state index in [1.54, 1.807) is 41.6 Å². The molecule has 25 nitrogen and oxygen atoms in total. The lowest BCUT2D eigenvalue weighted by molar-refractivity contribution is -0.384. The Hall–Kier alpha value is -7.87. The number of amides is 2. The van der Waals surface area contributed by atoms with Crippen LogP contribution in [0.25, 0.3) is 44.3 Å². The number of carbonyl (C=O) groups excluding carboxylic acids is 3. The summed E-state index contributed by atoms with van der Waals surface area (Å²) in [6.07, 6.45) is 11.1. The lowest BCUT2D eigenvalue weighted by atomic mass is 9.93. The number of likely N-dealkylation sites (tertiary alicyclic amines) is 3. The molecular formula is C64H88N16O9. The van der Waals surface area contributed by atoms with Crippen LogP contribution in [0.5, 0.6) is 0 Å². The molecule has 6 saturated heterocycles. The number of fused-ring (bicyclic) bond motifs is 2. The van der Waals surface area contributed by atoms with Crippen LogP contribution in [0.4, 0.5) is 32.6 Å². The summed E-state index contributed by atoms with van der Waals surface area (Å²) in [6, 6.07) is 18.0. The van der Waals surface area contributed by atoms with Crippen molar-refractivity contribution in [3.05, 3.63) is 93.3 Å². The predicted molar refractivity (Wildman–Crippen MR) is 342 cm³/mol. The second kappa shape index (κ2) is 28.7. The topological polar surface area (TPSA) is 274 Å². The van der Waals surface area contributed by atoms with Crippen molar-refractivity contribution in [2.45, 2.75) is 110 Å². The van der Waals surface area contributed by atoms with Crippen molar-refractivity contribution in [2.75, 3.05) is 128 Å². The van der Waals surface area contributed by atoms with Gasteiger partial charge in [0.2, 0.25) is 0 Å². The standard InChI is InChI=1S/C32H44N8O4.C22H27N7O2.C10H17NO3/c1-32(2,3)44-31(41)39-14-9-25(10-15-39)37-12-7-23(8-13-37)22-36-16-18-38(19-17-36)29-20-24(6-11-33-29)30-27-21-26(40(42)43)4-5-28(27)34-35-30;30-29(31)18-1-2-20-19(14-18)22(26-25-20)17-5-8-24-21(13-17)28-11-9-27(10-12-28)15-16-3-6-23-7-4-16;1-10(2,3)14-9(13)11-6-4-8(12)5-7-11/h4-6,11,20-21,23,25H,7-10,12-19,22H2,1-3H3,(H,34,35);1-2,5,8,13-14,16,23H,3-4,6-7,9-12,15H2,(H,25,26);4-7H2,1-3H3. The zero-order chi connectivity index (χ0) is 62.8. The molecule has 6 aromatic rings. The van der Waals surface area contributed by atoms with E-state index in [2.05, 4.69) is 60.2 Å². The fourth-order valence-corrected chi connectivity index (χ4v) is 12.8. The third kappa shape index (κ3) is 17.3. The molecule has 0 atom stereocenters. The fourth-order valence-electron chi connectivity index (χ4n) is 12.8. The molecule has 25 heteroatoms. The quantitative estimate of drug-likeness (QED) is 0.0806. The highest BCUT2D eigenvalue weighted by Gasteiger charge is 2.33. The molecule has 0 aliphatic carbocycles. The second-order valence-electron chi connectivity index (χ2n) is 26.4. The summed E-state index contributed by atoms with van der Waals surface area (Å²) in [4.78, 5) is 81.8. The van der Waals surface area contributed by atoms with E-state index in [0.29, 0.717) is 43.4 Å². The molecule has 6 aliphatic rings. The monoisotopic (exact) mass is 1220 g/mol. The Morgan fingerprint density at radius 3 is 1.40 bits per heavy atom. The number of hydrogen-bond donors (Lipinski definition) is 3. The summed E-state index contributed by atoms with van der Waals surface area (Å²) in [5.41, 5.74) is 3.98. The number of piperidine rings is 4. The van der Waals surface area contributed by atoms with Crippen LogP contribution < -0.4 is 15.1 Å². The summed E-state index contributed by atoms with van der Waals surface area (Å²) in [5, 5.41) is 42.3. The number of pyridine rings is 2. The van der Waals surface area contributed by atoms with Crippen LogP contribution in [0.15, 0.2) is 73.1 Å². The molecule has 2 aromatic carbocycles. The van der Waals surface area contributed by atoms with Gasteiger partial charge in [-0.05, 0) is 154 Å².